The Balaban J connectivity index is 2.05. The Labute approximate surface area is 192 Å². The van der Waals surface area contributed by atoms with Crippen molar-refractivity contribution in [2.45, 2.75) is 82.0 Å². The van der Waals surface area contributed by atoms with Gasteiger partial charge < -0.3 is 24.8 Å². The summed E-state index contributed by atoms with van der Waals surface area (Å²) < 4.78 is 11.7. The molecule has 8 atom stereocenters. The molecule has 3 unspecified atom stereocenters. The van der Waals surface area contributed by atoms with E-state index in [0.29, 0.717) is 13.0 Å². The Hall–Kier alpha value is -1.19. The number of nitrogens with one attached hydrogen (secondary N) is 1. The molecule has 0 aromatic rings. The van der Waals surface area contributed by atoms with Gasteiger partial charge in [-0.3, -0.25) is 14.4 Å². The van der Waals surface area contributed by atoms with Crippen LogP contribution in [0.15, 0.2) is 0 Å². The van der Waals surface area contributed by atoms with Gasteiger partial charge in [0.25, 0.3) is 0 Å². The minimum absolute atomic E-state index is 0.0203. The number of fused-ring (bicyclic) bond motifs is 1. The highest BCUT2D eigenvalue weighted by Gasteiger charge is 2.77. The zero-order valence-corrected chi connectivity index (χ0v) is 20.4. The molecule has 3 aliphatic heterocycles. The molecule has 0 aromatic heterocycles. The van der Waals surface area contributed by atoms with Crippen molar-refractivity contribution in [2.75, 3.05) is 19.8 Å². The first-order chi connectivity index (χ1) is 14.8. The molecular formula is C22H35BrN2O6. The third kappa shape index (κ3) is 3.91. The Morgan fingerprint density at radius 2 is 2.10 bits per heavy atom. The summed E-state index contributed by atoms with van der Waals surface area (Å²) in [7, 11) is 0. The molecule has 3 aliphatic rings. The van der Waals surface area contributed by atoms with Crippen molar-refractivity contribution in [3.8, 4) is 0 Å². The fraction of sp³-hybridized carbons (Fsp3) is 0.864. The van der Waals surface area contributed by atoms with Crippen LogP contribution in [0.4, 0.5) is 0 Å². The minimum Gasteiger partial charge on any atom is -0.466 e. The largest absolute Gasteiger partial charge is 0.466 e. The number of carbonyl (C=O) groups is 3. The van der Waals surface area contributed by atoms with Crippen molar-refractivity contribution in [1.82, 2.24) is 10.2 Å². The van der Waals surface area contributed by atoms with Gasteiger partial charge in [-0.15, -0.1) is 0 Å². The number of alkyl halides is 1. The predicted octanol–water partition coefficient (Wildman–Crippen LogP) is 1.62. The number of ether oxygens (including phenoxy) is 2. The van der Waals surface area contributed by atoms with Crippen LogP contribution in [0.3, 0.4) is 0 Å². The van der Waals surface area contributed by atoms with E-state index in [1.54, 1.807) is 6.92 Å². The third-order valence-electron chi connectivity index (χ3n) is 7.21. The van der Waals surface area contributed by atoms with Gasteiger partial charge in [0.15, 0.2) is 0 Å². The fourth-order valence-electron chi connectivity index (χ4n) is 5.53. The second-order valence-electron chi connectivity index (χ2n) is 8.94. The van der Waals surface area contributed by atoms with Crippen molar-refractivity contribution in [3.05, 3.63) is 0 Å². The first kappa shape index (κ1) is 24.5. The van der Waals surface area contributed by atoms with Crippen molar-refractivity contribution in [3.63, 3.8) is 0 Å². The number of rotatable bonds is 10. The van der Waals surface area contributed by atoms with Gasteiger partial charge in [0, 0.05) is 11.4 Å². The lowest BCUT2D eigenvalue weighted by molar-refractivity contribution is -0.155. The van der Waals surface area contributed by atoms with Gasteiger partial charge in [-0.05, 0) is 25.7 Å². The van der Waals surface area contributed by atoms with Crippen molar-refractivity contribution < 1.29 is 29.0 Å². The lowest BCUT2D eigenvalue weighted by atomic mass is 9.70. The maximum atomic E-state index is 13.8. The quantitative estimate of drug-likeness (QED) is 0.267. The summed E-state index contributed by atoms with van der Waals surface area (Å²) in [5.74, 6) is -2.62. The first-order valence-corrected chi connectivity index (χ1v) is 12.4. The number of nitrogens with zero attached hydrogens (tertiary/aromatic N) is 1. The van der Waals surface area contributed by atoms with E-state index >= 15 is 0 Å². The predicted molar refractivity (Wildman–Crippen MR) is 117 cm³/mol. The minimum atomic E-state index is -1.11. The molecule has 2 N–H and O–H groups in total. The maximum absolute atomic E-state index is 13.8. The SMILES string of the molecule is CCCCNC(=O)C1N([C@@H](CO)[C@@H](C)CC)C(=O)[C@@H]2[C@@H](C(=O)OCC)[C@@H]3OC12CC3Br. The normalized spacial score (nSPS) is 35.7. The highest BCUT2D eigenvalue weighted by molar-refractivity contribution is 9.09. The molecule has 176 valence electrons. The van der Waals surface area contributed by atoms with Crippen molar-refractivity contribution in [2.24, 2.45) is 17.8 Å². The van der Waals surface area contributed by atoms with Crippen molar-refractivity contribution >= 4 is 33.7 Å². The molecule has 8 nitrogen and oxygen atoms in total. The van der Waals surface area contributed by atoms with Crippen molar-refractivity contribution in [1.29, 1.82) is 0 Å². The van der Waals surface area contributed by atoms with E-state index in [2.05, 4.69) is 21.2 Å². The van der Waals surface area contributed by atoms with Gasteiger partial charge >= 0.3 is 5.97 Å². The molecular weight excluding hydrogens is 468 g/mol. The number of hydrogen-bond acceptors (Lipinski definition) is 6. The van der Waals surface area contributed by atoms with Crippen LogP contribution in [0, 0.1) is 17.8 Å². The third-order valence-corrected chi connectivity index (χ3v) is 8.05. The van der Waals surface area contributed by atoms with Gasteiger partial charge in [0.1, 0.15) is 11.6 Å². The van der Waals surface area contributed by atoms with Gasteiger partial charge in [0.05, 0.1) is 37.2 Å². The average Bonchev–Trinajstić information content (AvgIpc) is 3.32. The number of esters is 1. The molecule has 0 radical (unpaired) electrons. The smallest absolute Gasteiger partial charge is 0.312 e. The summed E-state index contributed by atoms with van der Waals surface area (Å²) in [6.45, 7) is 8.17. The monoisotopic (exact) mass is 502 g/mol. The number of likely N-dealkylation sites (tertiary alicyclic amines) is 1. The topological polar surface area (TPSA) is 105 Å². The Morgan fingerprint density at radius 1 is 1.39 bits per heavy atom. The zero-order valence-electron chi connectivity index (χ0n) is 18.8. The van der Waals surface area contributed by atoms with Gasteiger partial charge in [-0.2, -0.15) is 0 Å². The Bertz CT molecular complexity index is 705. The highest BCUT2D eigenvalue weighted by atomic mass is 79.9. The lowest BCUT2D eigenvalue weighted by Gasteiger charge is -2.38. The molecule has 2 amide bonds. The molecule has 31 heavy (non-hydrogen) atoms. The van der Waals surface area contributed by atoms with Gasteiger partial charge in [-0.1, -0.05) is 49.5 Å². The van der Waals surface area contributed by atoms with E-state index < -0.39 is 41.6 Å². The second-order valence-corrected chi connectivity index (χ2v) is 10.1. The number of amides is 2. The lowest BCUT2D eigenvalue weighted by Crippen LogP contribution is -2.59. The Morgan fingerprint density at radius 3 is 2.68 bits per heavy atom. The molecule has 9 heteroatoms. The summed E-state index contributed by atoms with van der Waals surface area (Å²) >= 11 is 3.62. The first-order valence-electron chi connectivity index (χ1n) is 11.5. The molecule has 3 saturated heterocycles. The number of halogens is 1. The molecule has 3 fully saturated rings. The zero-order chi connectivity index (χ0) is 22.9. The molecule has 2 bridgehead atoms. The summed E-state index contributed by atoms with van der Waals surface area (Å²) in [6, 6.07) is -1.42. The van der Waals surface area contributed by atoms with E-state index in [0.717, 1.165) is 19.3 Å². The molecule has 0 saturated carbocycles. The van der Waals surface area contributed by atoms with Gasteiger partial charge in [-0.25, -0.2) is 0 Å². The standard InChI is InChI=1S/C22H35BrN2O6/c1-5-8-9-24-19(27)18-22-10-13(23)17(31-22)15(21(29)30-7-3)16(22)20(28)25(18)14(11-26)12(4)6-2/h12-18,26H,5-11H2,1-4H3,(H,24,27)/t12-,13?,14-,15+,16-,17+,18?,22?/m0/s1. The Kier molecular flexibility index (Phi) is 7.69. The van der Waals surface area contributed by atoms with Crippen LogP contribution >= 0.6 is 15.9 Å². The molecule has 0 aliphatic carbocycles. The number of aliphatic hydroxyl groups excluding tert-OH is 1. The van der Waals surface area contributed by atoms with E-state index in [1.165, 1.54) is 4.90 Å². The molecule has 3 rings (SSSR count). The second kappa shape index (κ2) is 9.75. The fourth-order valence-corrected chi connectivity index (χ4v) is 6.47. The van der Waals surface area contributed by atoms with E-state index in [1.807, 2.05) is 20.8 Å². The number of unbranched alkanes of at least 4 members (excludes halogenated alkanes) is 1. The number of hydrogen-bond donors (Lipinski definition) is 2. The molecule has 1 spiro atoms. The van der Waals surface area contributed by atoms with Crippen LogP contribution in [-0.2, 0) is 23.9 Å². The van der Waals surface area contributed by atoms with E-state index in [9.17, 15) is 19.5 Å². The van der Waals surface area contributed by atoms with Gasteiger partial charge in [0.2, 0.25) is 11.8 Å². The van der Waals surface area contributed by atoms with Crippen LogP contribution in [0.25, 0.3) is 0 Å². The van der Waals surface area contributed by atoms with Crippen LogP contribution in [-0.4, -0.2) is 76.2 Å². The number of aliphatic hydroxyl groups is 1. The number of carbonyl (C=O) groups excluding carboxylic acids is 3. The highest BCUT2D eigenvalue weighted by Crippen LogP contribution is 2.60. The summed E-state index contributed by atoms with van der Waals surface area (Å²) in [6.07, 6.45) is 2.43. The summed E-state index contributed by atoms with van der Waals surface area (Å²) in [4.78, 5) is 41.4. The maximum Gasteiger partial charge on any atom is 0.312 e. The summed E-state index contributed by atoms with van der Waals surface area (Å²) in [5, 5.41) is 13.2. The van der Waals surface area contributed by atoms with Crippen LogP contribution in [0.1, 0.15) is 53.4 Å². The van der Waals surface area contributed by atoms with Crippen LogP contribution in [0.5, 0.6) is 0 Å². The average molecular weight is 503 g/mol. The summed E-state index contributed by atoms with van der Waals surface area (Å²) in [5.41, 5.74) is -1.11. The van der Waals surface area contributed by atoms with E-state index in [-0.39, 0.29) is 35.8 Å². The molecule has 0 aromatic carbocycles. The molecule has 3 heterocycles. The van der Waals surface area contributed by atoms with Crippen LogP contribution < -0.4 is 5.32 Å². The van der Waals surface area contributed by atoms with Crippen LogP contribution in [0.2, 0.25) is 0 Å². The van der Waals surface area contributed by atoms with E-state index in [4.69, 9.17) is 9.47 Å².